The smallest absolute Gasteiger partial charge is 0.123 e. The van der Waals surface area contributed by atoms with E-state index in [-0.39, 0.29) is 5.41 Å². The number of phenols is 2. The Morgan fingerprint density at radius 1 is 0.720 bits per heavy atom. The minimum atomic E-state index is 0.216. The Labute approximate surface area is 150 Å². The summed E-state index contributed by atoms with van der Waals surface area (Å²) in [4.78, 5) is 0. The van der Waals surface area contributed by atoms with Crippen LogP contribution in [0.1, 0.15) is 32.8 Å². The van der Waals surface area contributed by atoms with Crippen molar-refractivity contribution in [3.63, 3.8) is 0 Å². The van der Waals surface area contributed by atoms with E-state index in [1.54, 1.807) is 18.2 Å². The molecular weight excluding hydrogens is 308 g/mol. The van der Waals surface area contributed by atoms with Crippen LogP contribution in [0.5, 0.6) is 11.5 Å². The van der Waals surface area contributed by atoms with Crippen LogP contribution >= 0.6 is 0 Å². The number of rotatable bonds is 3. The summed E-state index contributed by atoms with van der Waals surface area (Å²) in [6, 6.07) is 24.6. The first kappa shape index (κ1) is 18.6. The highest BCUT2D eigenvalue weighted by Gasteiger charge is 2.17. The molecule has 0 bridgehead atoms. The van der Waals surface area contributed by atoms with E-state index >= 15 is 0 Å². The fraction of sp³-hybridized carbons (Fsp3) is 0.217. The molecule has 0 spiro atoms. The summed E-state index contributed by atoms with van der Waals surface area (Å²) >= 11 is 0. The monoisotopic (exact) mass is 334 g/mol. The highest BCUT2D eigenvalue weighted by atomic mass is 16.3. The van der Waals surface area contributed by atoms with Crippen LogP contribution < -0.4 is 0 Å². The molecule has 3 aromatic rings. The molecule has 0 heterocycles. The third-order valence-electron chi connectivity index (χ3n) is 4.52. The molecule has 130 valence electrons. The average Bonchev–Trinajstić information content (AvgIpc) is 2.64. The van der Waals surface area contributed by atoms with E-state index in [0.29, 0.717) is 11.5 Å². The number of benzene rings is 3. The van der Waals surface area contributed by atoms with Gasteiger partial charge in [0.2, 0.25) is 0 Å². The first-order chi connectivity index (χ1) is 11.9. The number of para-hydroxylation sites is 1. The van der Waals surface area contributed by atoms with Gasteiger partial charge in [0.25, 0.3) is 0 Å². The summed E-state index contributed by atoms with van der Waals surface area (Å²) in [5.74, 6) is 0.666. The first-order valence-corrected chi connectivity index (χ1v) is 8.57. The van der Waals surface area contributed by atoms with E-state index in [1.165, 1.54) is 5.56 Å². The van der Waals surface area contributed by atoms with Crippen molar-refractivity contribution in [2.75, 3.05) is 0 Å². The Hall–Kier alpha value is -2.74. The topological polar surface area (TPSA) is 40.5 Å². The molecule has 0 aliphatic carbocycles. The fourth-order valence-electron chi connectivity index (χ4n) is 2.45. The lowest BCUT2D eigenvalue weighted by Gasteiger charge is -2.22. The number of hydrogen-bond donors (Lipinski definition) is 2. The zero-order valence-corrected chi connectivity index (χ0v) is 15.1. The maximum atomic E-state index is 9.56. The molecular formula is C23H26O2. The molecule has 2 heteroatoms. The van der Waals surface area contributed by atoms with Gasteiger partial charge in [0.15, 0.2) is 0 Å². The number of hydrogen-bond acceptors (Lipinski definition) is 2. The highest BCUT2D eigenvalue weighted by molar-refractivity contribution is 5.69. The van der Waals surface area contributed by atoms with E-state index < -0.39 is 0 Å². The summed E-state index contributed by atoms with van der Waals surface area (Å²) in [6.45, 7) is 6.59. The molecule has 0 radical (unpaired) electrons. The SMILES string of the molecule is CCC(C)(C)c1ccc(O)cc1.Oc1ccccc1-c1ccccc1. The summed E-state index contributed by atoms with van der Waals surface area (Å²) < 4.78 is 0. The Morgan fingerprint density at radius 3 is 1.84 bits per heavy atom. The van der Waals surface area contributed by atoms with Crippen LogP contribution in [-0.2, 0) is 5.41 Å². The van der Waals surface area contributed by atoms with Gasteiger partial charge in [0.1, 0.15) is 11.5 Å². The van der Waals surface area contributed by atoms with Crippen molar-refractivity contribution in [1.29, 1.82) is 0 Å². The van der Waals surface area contributed by atoms with E-state index in [0.717, 1.165) is 17.5 Å². The lowest BCUT2D eigenvalue weighted by Crippen LogP contribution is -2.14. The molecule has 0 saturated heterocycles. The molecule has 0 amide bonds. The van der Waals surface area contributed by atoms with Crippen LogP contribution in [0, 0.1) is 0 Å². The van der Waals surface area contributed by atoms with E-state index in [2.05, 4.69) is 20.8 Å². The fourth-order valence-corrected chi connectivity index (χ4v) is 2.45. The van der Waals surface area contributed by atoms with Gasteiger partial charge in [-0.25, -0.2) is 0 Å². The highest BCUT2D eigenvalue weighted by Crippen LogP contribution is 2.28. The summed E-state index contributed by atoms with van der Waals surface area (Å²) in [5, 5.41) is 18.7. The average molecular weight is 334 g/mol. The van der Waals surface area contributed by atoms with Gasteiger partial charge in [-0.3, -0.25) is 0 Å². The first-order valence-electron chi connectivity index (χ1n) is 8.57. The second-order valence-electron chi connectivity index (χ2n) is 6.67. The third-order valence-corrected chi connectivity index (χ3v) is 4.52. The van der Waals surface area contributed by atoms with Gasteiger partial charge in [-0.1, -0.05) is 81.4 Å². The zero-order chi connectivity index (χ0) is 18.3. The molecule has 25 heavy (non-hydrogen) atoms. The van der Waals surface area contributed by atoms with Crippen LogP contribution in [0.15, 0.2) is 78.9 Å². The van der Waals surface area contributed by atoms with Crippen molar-refractivity contribution < 1.29 is 10.2 Å². The Kier molecular flexibility index (Phi) is 6.24. The maximum Gasteiger partial charge on any atom is 0.123 e. The Balaban J connectivity index is 0.000000181. The number of phenolic OH excluding ortho intramolecular Hbond substituents is 2. The van der Waals surface area contributed by atoms with Crippen molar-refractivity contribution in [3.8, 4) is 22.6 Å². The number of aromatic hydroxyl groups is 2. The van der Waals surface area contributed by atoms with Crippen molar-refractivity contribution >= 4 is 0 Å². The lowest BCUT2D eigenvalue weighted by atomic mass is 9.82. The van der Waals surface area contributed by atoms with Gasteiger partial charge >= 0.3 is 0 Å². The third kappa shape index (κ3) is 5.12. The van der Waals surface area contributed by atoms with Gasteiger partial charge in [0.05, 0.1) is 0 Å². The Morgan fingerprint density at radius 2 is 1.28 bits per heavy atom. The van der Waals surface area contributed by atoms with Crippen molar-refractivity contribution in [3.05, 3.63) is 84.4 Å². The van der Waals surface area contributed by atoms with Gasteiger partial charge in [-0.05, 0) is 41.2 Å². The Bertz CT molecular complexity index is 775. The summed E-state index contributed by atoms with van der Waals surface area (Å²) in [6.07, 6.45) is 1.11. The summed E-state index contributed by atoms with van der Waals surface area (Å²) in [7, 11) is 0. The van der Waals surface area contributed by atoms with Crippen molar-refractivity contribution in [2.24, 2.45) is 0 Å². The van der Waals surface area contributed by atoms with Crippen LogP contribution in [0.4, 0.5) is 0 Å². The van der Waals surface area contributed by atoms with E-state index in [9.17, 15) is 5.11 Å². The van der Waals surface area contributed by atoms with E-state index in [4.69, 9.17) is 5.11 Å². The largest absolute Gasteiger partial charge is 0.508 e. The second kappa shape index (κ2) is 8.39. The molecule has 0 unspecified atom stereocenters. The van der Waals surface area contributed by atoms with Crippen LogP contribution in [-0.4, -0.2) is 10.2 Å². The minimum absolute atomic E-state index is 0.216. The minimum Gasteiger partial charge on any atom is -0.508 e. The molecule has 0 saturated carbocycles. The van der Waals surface area contributed by atoms with Crippen LogP contribution in [0.2, 0.25) is 0 Å². The molecule has 3 aromatic carbocycles. The molecule has 0 aliphatic rings. The van der Waals surface area contributed by atoms with Crippen LogP contribution in [0.25, 0.3) is 11.1 Å². The van der Waals surface area contributed by atoms with Crippen molar-refractivity contribution in [2.45, 2.75) is 32.6 Å². The molecule has 3 rings (SSSR count). The molecule has 0 fully saturated rings. The molecule has 2 N–H and O–H groups in total. The predicted octanol–water partition coefficient (Wildman–Crippen LogP) is 6.14. The van der Waals surface area contributed by atoms with Gasteiger partial charge in [-0.2, -0.15) is 0 Å². The molecule has 0 atom stereocenters. The predicted molar refractivity (Wildman–Crippen MR) is 105 cm³/mol. The van der Waals surface area contributed by atoms with Gasteiger partial charge < -0.3 is 10.2 Å². The molecule has 0 aliphatic heterocycles. The van der Waals surface area contributed by atoms with Crippen molar-refractivity contribution in [1.82, 2.24) is 0 Å². The standard InChI is InChI=1S/C12H10O.C11H16O/c13-12-9-5-4-8-11(12)10-6-2-1-3-7-10;1-4-11(2,3)9-5-7-10(12)8-6-9/h1-9,13H;5-8,12H,4H2,1-3H3. The molecule has 0 aromatic heterocycles. The van der Waals surface area contributed by atoms with E-state index in [1.807, 2.05) is 60.7 Å². The zero-order valence-electron chi connectivity index (χ0n) is 15.1. The van der Waals surface area contributed by atoms with Gasteiger partial charge in [0, 0.05) is 5.56 Å². The molecule has 2 nitrogen and oxygen atoms in total. The normalized spacial score (nSPS) is 10.7. The van der Waals surface area contributed by atoms with Gasteiger partial charge in [-0.15, -0.1) is 0 Å². The van der Waals surface area contributed by atoms with Crippen LogP contribution in [0.3, 0.4) is 0 Å². The maximum absolute atomic E-state index is 9.56. The quantitative estimate of drug-likeness (QED) is 0.604. The summed E-state index contributed by atoms with van der Waals surface area (Å²) in [5.41, 5.74) is 3.42. The lowest BCUT2D eigenvalue weighted by molar-refractivity contribution is 0.471. The second-order valence-corrected chi connectivity index (χ2v) is 6.67.